The normalized spacial score (nSPS) is 22.8. The zero-order valence-electron chi connectivity index (χ0n) is 10.9. The number of para-hydroxylation sites is 1. The van der Waals surface area contributed by atoms with Crippen LogP contribution in [-0.4, -0.2) is 31.3 Å². The van der Waals surface area contributed by atoms with Crippen molar-refractivity contribution < 1.29 is 14.3 Å². The van der Waals surface area contributed by atoms with Crippen LogP contribution in [0.4, 0.5) is 5.69 Å². The van der Waals surface area contributed by atoms with Gasteiger partial charge in [0.15, 0.2) is 5.54 Å². The van der Waals surface area contributed by atoms with Gasteiger partial charge in [-0.25, -0.2) is 4.79 Å². The third kappa shape index (κ3) is 2.48. The fourth-order valence-electron chi connectivity index (χ4n) is 2.12. The maximum Gasteiger partial charge on any atom is 0.334 e. The summed E-state index contributed by atoms with van der Waals surface area (Å²) >= 11 is 0. The van der Waals surface area contributed by atoms with E-state index in [1.807, 2.05) is 38.1 Å². The Morgan fingerprint density at radius 3 is 2.89 bits per heavy atom. The van der Waals surface area contributed by atoms with Crippen LogP contribution in [-0.2, 0) is 14.3 Å². The van der Waals surface area contributed by atoms with Crippen LogP contribution >= 0.6 is 0 Å². The first-order chi connectivity index (χ1) is 8.68. The average molecular weight is 249 g/mol. The second-order valence-electron chi connectivity index (χ2n) is 4.55. The van der Waals surface area contributed by atoms with Gasteiger partial charge in [-0.05, 0) is 25.5 Å². The average Bonchev–Trinajstić information content (AvgIpc) is 2.82. The van der Waals surface area contributed by atoms with Crippen molar-refractivity contribution >= 4 is 11.7 Å². The Morgan fingerprint density at radius 2 is 2.28 bits per heavy atom. The van der Waals surface area contributed by atoms with Crippen LogP contribution in [0.5, 0.6) is 0 Å². The summed E-state index contributed by atoms with van der Waals surface area (Å²) in [5, 5.41) is 3.31. The van der Waals surface area contributed by atoms with Crippen molar-refractivity contribution in [1.82, 2.24) is 0 Å². The molecule has 0 aliphatic carbocycles. The SMILES string of the molecule is CCOC(=O)C1(Nc2ccccc2C)CCOC1. The van der Waals surface area contributed by atoms with Crippen LogP contribution in [0.15, 0.2) is 24.3 Å². The Balaban J connectivity index is 2.21. The van der Waals surface area contributed by atoms with E-state index in [1.54, 1.807) is 0 Å². The zero-order valence-corrected chi connectivity index (χ0v) is 10.9. The van der Waals surface area contributed by atoms with Crippen molar-refractivity contribution in [3.05, 3.63) is 29.8 Å². The number of ether oxygens (including phenoxy) is 2. The molecule has 0 radical (unpaired) electrons. The molecule has 0 spiro atoms. The largest absolute Gasteiger partial charge is 0.464 e. The molecule has 0 amide bonds. The van der Waals surface area contributed by atoms with E-state index in [1.165, 1.54) is 0 Å². The molecule has 0 saturated carbocycles. The number of carbonyl (C=O) groups is 1. The molecule has 1 saturated heterocycles. The van der Waals surface area contributed by atoms with Gasteiger partial charge in [0, 0.05) is 18.7 Å². The molecule has 98 valence electrons. The Bertz CT molecular complexity index is 425. The Morgan fingerprint density at radius 1 is 1.50 bits per heavy atom. The topological polar surface area (TPSA) is 47.6 Å². The fraction of sp³-hybridized carbons (Fsp3) is 0.500. The van der Waals surface area contributed by atoms with Gasteiger partial charge in [0.1, 0.15) is 0 Å². The molecule has 18 heavy (non-hydrogen) atoms. The summed E-state index contributed by atoms with van der Waals surface area (Å²) in [6, 6.07) is 7.90. The smallest absolute Gasteiger partial charge is 0.334 e. The zero-order chi connectivity index (χ0) is 13.0. The molecule has 1 atom stereocenters. The van der Waals surface area contributed by atoms with Gasteiger partial charge in [-0.1, -0.05) is 18.2 Å². The molecule has 1 N–H and O–H groups in total. The van der Waals surface area contributed by atoms with Crippen molar-refractivity contribution in [2.45, 2.75) is 25.8 Å². The maximum atomic E-state index is 12.1. The highest BCUT2D eigenvalue weighted by molar-refractivity contribution is 5.85. The van der Waals surface area contributed by atoms with Crippen molar-refractivity contribution in [2.75, 3.05) is 25.1 Å². The number of aryl methyl sites for hydroxylation is 1. The van der Waals surface area contributed by atoms with Crippen LogP contribution in [0.2, 0.25) is 0 Å². The van der Waals surface area contributed by atoms with Gasteiger partial charge in [0.05, 0.1) is 13.2 Å². The van der Waals surface area contributed by atoms with E-state index in [0.717, 1.165) is 11.3 Å². The van der Waals surface area contributed by atoms with E-state index in [0.29, 0.717) is 26.2 Å². The molecule has 4 nitrogen and oxygen atoms in total. The third-order valence-corrected chi connectivity index (χ3v) is 3.21. The minimum Gasteiger partial charge on any atom is -0.464 e. The Kier molecular flexibility index (Phi) is 3.87. The summed E-state index contributed by atoms with van der Waals surface area (Å²) in [6.45, 7) is 5.15. The number of nitrogens with one attached hydrogen (secondary N) is 1. The molecule has 1 aliphatic rings. The summed E-state index contributed by atoms with van der Waals surface area (Å²) in [6.07, 6.45) is 0.639. The van der Waals surface area contributed by atoms with Gasteiger partial charge in [-0.15, -0.1) is 0 Å². The first kappa shape index (κ1) is 12.9. The van der Waals surface area contributed by atoms with Crippen LogP contribution in [0.1, 0.15) is 18.9 Å². The maximum absolute atomic E-state index is 12.1. The molecule has 4 heteroatoms. The molecular weight excluding hydrogens is 230 g/mol. The van der Waals surface area contributed by atoms with Gasteiger partial charge in [0.25, 0.3) is 0 Å². The number of rotatable bonds is 4. The molecule has 2 rings (SSSR count). The third-order valence-electron chi connectivity index (χ3n) is 3.21. The van der Waals surface area contributed by atoms with E-state index < -0.39 is 5.54 Å². The first-order valence-electron chi connectivity index (χ1n) is 6.27. The van der Waals surface area contributed by atoms with E-state index in [9.17, 15) is 4.79 Å². The highest BCUT2D eigenvalue weighted by Gasteiger charge is 2.44. The predicted molar refractivity (Wildman–Crippen MR) is 69.6 cm³/mol. The monoisotopic (exact) mass is 249 g/mol. The van der Waals surface area contributed by atoms with Gasteiger partial charge < -0.3 is 14.8 Å². The minimum atomic E-state index is -0.734. The molecule has 1 heterocycles. The van der Waals surface area contributed by atoms with Crippen molar-refractivity contribution in [3.8, 4) is 0 Å². The first-order valence-corrected chi connectivity index (χ1v) is 6.27. The number of hydrogen-bond donors (Lipinski definition) is 1. The Hall–Kier alpha value is -1.55. The van der Waals surface area contributed by atoms with Crippen molar-refractivity contribution in [2.24, 2.45) is 0 Å². The van der Waals surface area contributed by atoms with Crippen LogP contribution < -0.4 is 5.32 Å². The quantitative estimate of drug-likeness (QED) is 0.830. The second-order valence-corrected chi connectivity index (χ2v) is 4.55. The lowest BCUT2D eigenvalue weighted by atomic mass is 9.97. The lowest BCUT2D eigenvalue weighted by molar-refractivity contribution is -0.148. The number of esters is 1. The van der Waals surface area contributed by atoms with Crippen LogP contribution in [0.3, 0.4) is 0 Å². The van der Waals surface area contributed by atoms with Crippen LogP contribution in [0.25, 0.3) is 0 Å². The van der Waals surface area contributed by atoms with Gasteiger partial charge >= 0.3 is 5.97 Å². The van der Waals surface area contributed by atoms with Crippen molar-refractivity contribution in [3.63, 3.8) is 0 Å². The summed E-state index contributed by atoms with van der Waals surface area (Å²) in [4.78, 5) is 12.1. The van der Waals surface area contributed by atoms with E-state index in [4.69, 9.17) is 9.47 Å². The number of carbonyl (C=O) groups excluding carboxylic acids is 1. The number of hydrogen-bond acceptors (Lipinski definition) is 4. The summed E-state index contributed by atoms with van der Waals surface area (Å²) in [7, 11) is 0. The fourth-order valence-corrected chi connectivity index (χ4v) is 2.12. The van der Waals surface area contributed by atoms with Gasteiger partial charge in [0.2, 0.25) is 0 Å². The van der Waals surface area contributed by atoms with Crippen LogP contribution in [0, 0.1) is 6.92 Å². The molecule has 0 bridgehead atoms. The van der Waals surface area contributed by atoms with Crippen molar-refractivity contribution in [1.29, 1.82) is 0 Å². The van der Waals surface area contributed by atoms with E-state index in [2.05, 4.69) is 5.32 Å². The van der Waals surface area contributed by atoms with Gasteiger partial charge in [-0.2, -0.15) is 0 Å². The van der Waals surface area contributed by atoms with E-state index >= 15 is 0 Å². The number of benzene rings is 1. The molecule has 1 aliphatic heterocycles. The summed E-state index contributed by atoms with van der Waals surface area (Å²) in [5.74, 6) is -0.231. The standard InChI is InChI=1S/C14H19NO3/c1-3-18-13(16)14(8-9-17-10-14)15-12-7-5-4-6-11(12)2/h4-7,15H,3,8-10H2,1-2H3. The highest BCUT2D eigenvalue weighted by atomic mass is 16.5. The minimum absolute atomic E-state index is 0.231. The molecule has 1 aromatic carbocycles. The highest BCUT2D eigenvalue weighted by Crippen LogP contribution is 2.27. The molecule has 0 aromatic heterocycles. The molecular formula is C14H19NO3. The number of anilines is 1. The molecule has 1 fully saturated rings. The molecule has 1 aromatic rings. The van der Waals surface area contributed by atoms with E-state index in [-0.39, 0.29) is 5.97 Å². The predicted octanol–water partition coefficient (Wildman–Crippen LogP) is 2.13. The van der Waals surface area contributed by atoms with Gasteiger partial charge in [-0.3, -0.25) is 0 Å². The second kappa shape index (κ2) is 5.40. The summed E-state index contributed by atoms with van der Waals surface area (Å²) in [5.41, 5.74) is 1.33. The lowest BCUT2D eigenvalue weighted by Crippen LogP contribution is -2.48. The Labute approximate surface area is 107 Å². The molecule has 1 unspecified atom stereocenters. The summed E-state index contributed by atoms with van der Waals surface area (Å²) < 4.78 is 10.5. The lowest BCUT2D eigenvalue weighted by Gasteiger charge is -2.28.